The molecule has 1 saturated heterocycles. The van der Waals surface area contributed by atoms with Gasteiger partial charge in [-0.3, -0.25) is 4.98 Å². The third-order valence-electron chi connectivity index (χ3n) is 3.00. The van der Waals surface area contributed by atoms with Gasteiger partial charge in [-0.05, 0) is 32.0 Å². The van der Waals surface area contributed by atoms with Crippen molar-refractivity contribution in [3.8, 4) is 0 Å². The van der Waals surface area contributed by atoms with Crippen LogP contribution in [0.4, 0.5) is 5.69 Å². The van der Waals surface area contributed by atoms with E-state index in [0.29, 0.717) is 6.04 Å². The van der Waals surface area contributed by atoms with Gasteiger partial charge in [0.1, 0.15) is 0 Å². The molecular weight excluding hydrogens is 186 g/mol. The molecule has 1 aromatic heterocycles. The van der Waals surface area contributed by atoms with Gasteiger partial charge >= 0.3 is 0 Å². The summed E-state index contributed by atoms with van der Waals surface area (Å²) < 4.78 is 0. The maximum absolute atomic E-state index is 4.33. The number of aromatic nitrogens is 1. The summed E-state index contributed by atoms with van der Waals surface area (Å²) >= 11 is 0. The lowest BCUT2D eigenvalue weighted by Gasteiger charge is -2.20. The zero-order valence-electron chi connectivity index (χ0n) is 9.53. The van der Waals surface area contributed by atoms with Gasteiger partial charge in [-0.15, -0.1) is 0 Å². The summed E-state index contributed by atoms with van der Waals surface area (Å²) in [5, 5.41) is 3.50. The number of rotatable bonds is 3. The van der Waals surface area contributed by atoms with E-state index >= 15 is 0 Å². The lowest BCUT2D eigenvalue weighted by molar-refractivity contribution is 0.572. The average Bonchev–Trinajstić information content (AvgIpc) is 2.68. The maximum atomic E-state index is 4.33. The SMILES string of the molecule is CCNC1CCN(c2cccnc2C)C1. The van der Waals surface area contributed by atoms with E-state index in [2.05, 4.69) is 35.1 Å². The van der Waals surface area contributed by atoms with Gasteiger partial charge in [-0.1, -0.05) is 6.92 Å². The van der Waals surface area contributed by atoms with Gasteiger partial charge in [0.15, 0.2) is 0 Å². The predicted octanol–water partition coefficient (Wildman–Crippen LogP) is 1.58. The fourth-order valence-electron chi connectivity index (χ4n) is 2.24. The van der Waals surface area contributed by atoms with Crippen LogP contribution in [0.25, 0.3) is 0 Å². The minimum atomic E-state index is 0.648. The second-order valence-corrected chi connectivity index (χ2v) is 4.10. The fourth-order valence-corrected chi connectivity index (χ4v) is 2.24. The zero-order valence-corrected chi connectivity index (χ0v) is 9.53. The Morgan fingerprint density at radius 1 is 1.60 bits per heavy atom. The lowest BCUT2D eigenvalue weighted by atomic mass is 10.2. The Morgan fingerprint density at radius 2 is 2.47 bits per heavy atom. The van der Waals surface area contributed by atoms with Gasteiger partial charge in [-0.2, -0.15) is 0 Å². The van der Waals surface area contributed by atoms with Crippen molar-refractivity contribution in [2.45, 2.75) is 26.3 Å². The highest BCUT2D eigenvalue weighted by molar-refractivity contribution is 5.50. The van der Waals surface area contributed by atoms with E-state index < -0.39 is 0 Å². The summed E-state index contributed by atoms with van der Waals surface area (Å²) in [7, 11) is 0. The summed E-state index contributed by atoms with van der Waals surface area (Å²) in [6.45, 7) is 7.56. The highest BCUT2D eigenvalue weighted by Crippen LogP contribution is 2.22. The molecule has 0 aromatic carbocycles. The number of hydrogen-bond donors (Lipinski definition) is 1. The minimum absolute atomic E-state index is 0.648. The van der Waals surface area contributed by atoms with Crippen LogP contribution in [0.5, 0.6) is 0 Å². The number of nitrogens with one attached hydrogen (secondary N) is 1. The first kappa shape index (κ1) is 10.4. The van der Waals surface area contributed by atoms with E-state index in [0.717, 1.165) is 25.3 Å². The Hall–Kier alpha value is -1.09. The van der Waals surface area contributed by atoms with Crippen molar-refractivity contribution in [2.24, 2.45) is 0 Å². The molecule has 3 heteroatoms. The Kier molecular flexibility index (Phi) is 3.21. The first-order valence-corrected chi connectivity index (χ1v) is 5.71. The molecule has 0 bridgehead atoms. The summed E-state index contributed by atoms with van der Waals surface area (Å²) in [5.41, 5.74) is 2.42. The molecule has 2 heterocycles. The minimum Gasteiger partial charge on any atom is -0.368 e. The second kappa shape index (κ2) is 4.62. The number of anilines is 1. The molecule has 0 radical (unpaired) electrons. The number of nitrogens with zero attached hydrogens (tertiary/aromatic N) is 2. The van der Waals surface area contributed by atoms with Crippen molar-refractivity contribution in [3.63, 3.8) is 0 Å². The number of hydrogen-bond acceptors (Lipinski definition) is 3. The summed E-state index contributed by atoms with van der Waals surface area (Å²) in [6, 6.07) is 4.83. The van der Waals surface area contributed by atoms with Gasteiger partial charge in [0.05, 0.1) is 11.4 Å². The van der Waals surface area contributed by atoms with E-state index in [-0.39, 0.29) is 0 Å². The summed E-state index contributed by atoms with van der Waals surface area (Å²) in [5.74, 6) is 0. The molecule has 1 aliphatic heterocycles. The molecule has 1 fully saturated rings. The van der Waals surface area contributed by atoms with Gasteiger partial charge in [0, 0.05) is 25.3 Å². The van der Waals surface area contributed by atoms with Crippen molar-refractivity contribution < 1.29 is 0 Å². The lowest BCUT2D eigenvalue weighted by Crippen LogP contribution is -2.32. The molecule has 0 saturated carbocycles. The molecule has 0 amide bonds. The van der Waals surface area contributed by atoms with Crippen LogP contribution in [-0.4, -0.2) is 30.7 Å². The molecule has 1 atom stereocenters. The maximum Gasteiger partial charge on any atom is 0.0605 e. The van der Waals surface area contributed by atoms with E-state index in [1.807, 2.05) is 12.3 Å². The van der Waals surface area contributed by atoms with Crippen LogP contribution in [-0.2, 0) is 0 Å². The predicted molar refractivity (Wildman–Crippen MR) is 63.3 cm³/mol. The van der Waals surface area contributed by atoms with Crippen molar-refractivity contribution in [1.82, 2.24) is 10.3 Å². The van der Waals surface area contributed by atoms with E-state index in [1.165, 1.54) is 12.1 Å². The summed E-state index contributed by atoms with van der Waals surface area (Å²) in [4.78, 5) is 6.76. The Morgan fingerprint density at radius 3 is 3.20 bits per heavy atom. The number of likely N-dealkylation sites (N-methyl/N-ethyl adjacent to an activating group) is 1. The molecule has 1 aromatic rings. The van der Waals surface area contributed by atoms with Crippen molar-refractivity contribution in [1.29, 1.82) is 0 Å². The molecule has 3 nitrogen and oxygen atoms in total. The highest BCUT2D eigenvalue weighted by atomic mass is 15.2. The van der Waals surface area contributed by atoms with Crippen LogP contribution in [0.15, 0.2) is 18.3 Å². The van der Waals surface area contributed by atoms with Crippen LogP contribution >= 0.6 is 0 Å². The molecule has 1 unspecified atom stereocenters. The quantitative estimate of drug-likeness (QED) is 0.812. The van der Waals surface area contributed by atoms with Crippen LogP contribution in [0.2, 0.25) is 0 Å². The Balaban J connectivity index is 2.04. The Bertz CT molecular complexity index is 324. The zero-order chi connectivity index (χ0) is 10.7. The molecule has 82 valence electrons. The van der Waals surface area contributed by atoms with Crippen molar-refractivity contribution in [3.05, 3.63) is 24.0 Å². The van der Waals surface area contributed by atoms with Crippen LogP contribution in [0.3, 0.4) is 0 Å². The van der Waals surface area contributed by atoms with Crippen LogP contribution < -0.4 is 10.2 Å². The summed E-state index contributed by atoms with van der Waals surface area (Å²) in [6.07, 6.45) is 3.10. The van der Waals surface area contributed by atoms with Gasteiger partial charge in [0.2, 0.25) is 0 Å². The Labute approximate surface area is 91.5 Å². The topological polar surface area (TPSA) is 28.2 Å². The standard InChI is InChI=1S/C12H19N3/c1-3-13-11-6-8-15(9-11)12-5-4-7-14-10(12)2/h4-5,7,11,13H,3,6,8-9H2,1-2H3. The van der Waals surface area contributed by atoms with E-state index in [4.69, 9.17) is 0 Å². The van der Waals surface area contributed by atoms with E-state index in [1.54, 1.807) is 0 Å². The monoisotopic (exact) mass is 205 g/mol. The molecule has 0 spiro atoms. The van der Waals surface area contributed by atoms with Gasteiger partial charge in [0.25, 0.3) is 0 Å². The first-order valence-electron chi connectivity index (χ1n) is 5.71. The average molecular weight is 205 g/mol. The molecule has 1 N–H and O–H groups in total. The highest BCUT2D eigenvalue weighted by Gasteiger charge is 2.22. The fraction of sp³-hybridized carbons (Fsp3) is 0.583. The largest absolute Gasteiger partial charge is 0.368 e. The van der Waals surface area contributed by atoms with Crippen molar-refractivity contribution >= 4 is 5.69 Å². The van der Waals surface area contributed by atoms with Gasteiger partial charge in [-0.25, -0.2) is 0 Å². The third kappa shape index (κ3) is 2.29. The smallest absolute Gasteiger partial charge is 0.0605 e. The molecule has 2 rings (SSSR count). The first-order chi connectivity index (χ1) is 7.31. The van der Waals surface area contributed by atoms with Crippen LogP contribution in [0.1, 0.15) is 19.0 Å². The van der Waals surface area contributed by atoms with Crippen molar-refractivity contribution in [2.75, 3.05) is 24.5 Å². The van der Waals surface area contributed by atoms with E-state index in [9.17, 15) is 0 Å². The molecular formula is C12H19N3. The molecule has 0 aliphatic carbocycles. The van der Waals surface area contributed by atoms with Gasteiger partial charge < -0.3 is 10.2 Å². The normalized spacial score (nSPS) is 20.9. The van der Waals surface area contributed by atoms with Crippen LogP contribution in [0, 0.1) is 6.92 Å². The second-order valence-electron chi connectivity index (χ2n) is 4.10. The molecule has 1 aliphatic rings. The number of aryl methyl sites for hydroxylation is 1. The third-order valence-corrected chi connectivity index (χ3v) is 3.00. The number of pyridine rings is 1. The molecule has 15 heavy (non-hydrogen) atoms.